The first-order chi connectivity index (χ1) is 12.9. The number of pyridine rings is 1. The summed E-state index contributed by atoms with van der Waals surface area (Å²) < 4.78 is 44.7. The summed E-state index contributed by atoms with van der Waals surface area (Å²) >= 11 is 0. The van der Waals surface area contributed by atoms with E-state index in [2.05, 4.69) is 15.3 Å². The number of aromatic nitrogens is 1. The summed E-state index contributed by atoms with van der Waals surface area (Å²) in [6.07, 6.45) is -2.08. The van der Waals surface area contributed by atoms with Gasteiger partial charge in [-0.05, 0) is 30.7 Å². The molecule has 1 aromatic carbocycles. The fourth-order valence-electron chi connectivity index (χ4n) is 2.35. The zero-order valence-electron chi connectivity index (χ0n) is 15.0. The van der Waals surface area contributed by atoms with Crippen LogP contribution in [0.25, 0.3) is 0 Å². The van der Waals surface area contributed by atoms with Crippen LogP contribution in [0.4, 0.5) is 13.2 Å². The highest BCUT2D eigenvalue weighted by Crippen LogP contribution is 2.36. The number of benzene rings is 1. The van der Waals surface area contributed by atoms with Gasteiger partial charge in [0.1, 0.15) is 11.9 Å². The number of nitrogens with one attached hydrogen (secondary N) is 1. The van der Waals surface area contributed by atoms with Crippen LogP contribution in [0.2, 0.25) is 0 Å². The van der Waals surface area contributed by atoms with Gasteiger partial charge in [0.2, 0.25) is 0 Å². The van der Waals surface area contributed by atoms with Gasteiger partial charge in [-0.2, -0.15) is 13.2 Å². The quantitative estimate of drug-likeness (QED) is 0.544. The Balaban J connectivity index is 1.88. The molecule has 1 atom stereocenters. The Morgan fingerprint density at radius 1 is 1.22 bits per heavy atom. The average molecular weight is 380 g/mol. The number of alkyl halides is 3. The minimum Gasteiger partial charge on any atom is -0.488 e. The summed E-state index contributed by atoms with van der Waals surface area (Å²) in [5.74, 6) is 0.0193. The highest BCUT2D eigenvalue weighted by Gasteiger charge is 2.34. The molecule has 0 spiro atoms. The van der Waals surface area contributed by atoms with Crippen LogP contribution in [-0.2, 0) is 12.6 Å². The normalized spacial score (nSPS) is 13.3. The van der Waals surface area contributed by atoms with Gasteiger partial charge in [-0.15, -0.1) is 0 Å². The molecule has 0 amide bonds. The van der Waals surface area contributed by atoms with E-state index in [1.54, 1.807) is 6.20 Å². The predicted octanol–water partition coefficient (Wildman–Crippen LogP) is 3.40. The summed E-state index contributed by atoms with van der Waals surface area (Å²) in [4.78, 5) is 8.38. The Bertz CT molecular complexity index is 735. The van der Waals surface area contributed by atoms with Crippen LogP contribution >= 0.6 is 0 Å². The highest BCUT2D eigenvalue weighted by molar-refractivity contribution is 5.77. The molecule has 0 radical (unpaired) electrons. The highest BCUT2D eigenvalue weighted by atomic mass is 19.4. The summed E-state index contributed by atoms with van der Waals surface area (Å²) in [6.45, 7) is 2.53. The first-order valence-electron chi connectivity index (χ1n) is 8.66. The van der Waals surface area contributed by atoms with E-state index in [9.17, 15) is 13.2 Å². The van der Waals surface area contributed by atoms with Gasteiger partial charge < -0.3 is 15.8 Å². The lowest BCUT2D eigenvalue weighted by atomic mass is 10.2. The lowest BCUT2D eigenvalue weighted by molar-refractivity contribution is -0.139. The fourth-order valence-corrected chi connectivity index (χ4v) is 2.35. The first-order valence-corrected chi connectivity index (χ1v) is 8.66. The van der Waals surface area contributed by atoms with E-state index in [1.807, 2.05) is 25.1 Å². The summed E-state index contributed by atoms with van der Waals surface area (Å²) in [6, 6.07) is 10.8. The van der Waals surface area contributed by atoms with Crippen LogP contribution < -0.4 is 15.8 Å². The third-order valence-corrected chi connectivity index (χ3v) is 3.82. The number of rotatable bonds is 8. The van der Waals surface area contributed by atoms with Gasteiger partial charge >= 0.3 is 6.18 Å². The number of nitrogens with zero attached hydrogens (tertiary/aromatic N) is 2. The van der Waals surface area contributed by atoms with Gasteiger partial charge in [0.25, 0.3) is 0 Å². The minimum atomic E-state index is -4.47. The van der Waals surface area contributed by atoms with Crippen LogP contribution in [-0.4, -0.2) is 30.1 Å². The van der Waals surface area contributed by atoms with E-state index in [1.165, 1.54) is 18.2 Å². The molecule has 2 aromatic rings. The Morgan fingerprint density at radius 3 is 2.63 bits per heavy atom. The van der Waals surface area contributed by atoms with Gasteiger partial charge in [-0.3, -0.25) is 4.98 Å². The molecule has 0 fully saturated rings. The number of guanidine groups is 1. The third kappa shape index (κ3) is 6.80. The lowest BCUT2D eigenvalue weighted by Crippen LogP contribution is -2.34. The van der Waals surface area contributed by atoms with Gasteiger partial charge in [0.05, 0.1) is 12.1 Å². The summed E-state index contributed by atoms with van der Waals surface area (Å²) in [7, 11) is 0. The second-order valence-corrected chi connectivity index (χ2v) is 5.87. The Kier molecular flexibility index (Phi) is 7.45. The van der Waals surface area contributed by atoms with Gasteiger partial charge in [0.15, 0.2) is 5.96 Å². The fraction of sp³-hybridized carbons (Fsp3) is 0.368. The van der Waals surface area contributed by atoms with Gasteiger partial charge in [0, 0.05) is 24.9 Å². The van der Waals surface area contributed by atoms with Crippen molar-refractivity contribution in [2.24, 2.45) is 10.7 Å². The summed E-state index contributed by atoms with van der Waals surface area (Å²) in [5.41, 5.74) is 5.95. The second kappa shape index (κ2) is 9.80. The molecule has 0 saturated heterocycles. The minimum absolute atomic E-state index is 0.158. The molecule has 0 aliphatic carbocycles. The Hall–Kier alpha value is -2.77. The van der Waals surface area contributed by atoms with Crippen LogP contribution in [0.3, 0.4) is 0 Å². The van der Waals surface area contributed by atoms with E-state index in [4.69, 9.17) is 10.5 Å². The van der Waals surface area contributed by atoms with Crippen molar-refractivity contribution in [3.05, 3.63) is 59.9 Å². The zero-order valence-corrected chi connectivity index (χ0v) is 15.0. The molecule has 146 valence electrons. The number of halogens is 3. The molecular formula is C19H23F3N4O. The number of hydrogen-bond acceptors (Lipinski definition) is 3. The molecule has 0 saturated carbocycles. The number of para-hydroxylation sites is 1. The molecule has 27 heavy (non-hydrogen) atoms. The van der Waals surface area contributed by atoms with Crippen LogP contribution in [0, 0.1) is 0 Å². The number of hydrogen-bond donors (Lipinski definition) is 2. The smallest absolute Gasteiger partial charge is 0.419 e. The van der Waals surface area contributed by atoms with Crippen molar-refractivity contribution in [3.8, 4) is 5.75 Å². The van der Waals surface area contributed by atoms with Crippen molar-refractivity contribution in [2.75, 3.05) is 13.1 Å². The summed E-state index contributed by atoms with van der Waals surface area (Å²) in [5, 5.41) is 2.96. The molecule has 2 rings (SSSR count). The molecule has 1 aromatic heterocycles. The maximum absolute atomic E-state index is 13.1. The van der Waals surface area contributed by atoms with Crippen molar-refractivity contribution in [3.63, 3.8) is 0 Å². The number of aliphatic imine (C=N–C) groups is 1. The molecule has 0 bridgehead atoms. The number of nitrogens with two attached hydrogens (primary N) is 1. The second-order valence-electron chi connectivity index (χ2n) is 5.87. The Morgan fingerprint density at radius 2 is 1.96 bits per heavy atom. The van der Waals surface area contributed by atoms with Crippen LogP contribution in [0.15, 0.2) is 53.7 Å². The van der Waals surface area contributed by atoms with Crippen molar-refractivity contribution >= 4 is 5.96 Å². The van der Waals surface area contributed by atoms with Crippen molar-refractivity contribution < 1.29 is 17.9 Å². The van der Waals surface area contributed by atoms with Gasteiger partial charge in [-0.1, -0.05) is 25.1 Å². The molecule has 1 unspecified atom stereocenters. The molecule has 8 heteroatoms. The topological polar surface area (TPSA) is 72.5 Å². The van der Waals surface area contributed by atoms with E-state index < -0.39 is 17.8 Å². The zero-order chi connectivity index (χ0) is 19.7. The molecule has 1 heterocycles. The largest absolute Gasteiger partial charge is 0.488 e. The van der Waals surface area contributed by atoms with E-state index >= 15 is 0 Å². The molecule has 0 aliphatic heterocycles. The van der Waals surface area contributed by atoms with Crippen molar-refractivity contribution in [1.82, 2.24) is 10.3 Å². The maximum Gasteiger partial charge on any atom is 0.419 e. The standard InChI is InChI=1S/C19H23F3N4O/c1-2-15(27-17-9-4-3-8-16(17)19(20,21)22)13-26-18(23)25-12-10-14-7-5-6-11-24-14/h3-9,11,15H,2,10,12-13H2,1H3,(H3,23,25,26). The predicted molar refractivity (Wildman–Crippen MR) is 98.6 cm³/mol. The van der Waals surface area contributed by atoms with E-state index in [-0.39, 0.29) is 18.3 Å². The maximum atomic E-state index is 13.1. The van der Waals surface area contributed by atoms with Gasteiger partial charge in [-0.25, -0.2) is 4.99 Å². The Labute approximate surface area is 156 Å². The average Bonchev–Trinajstić information content (AvgIpc) is 2.65. The molecule has 5 nitrogen and oxygen atoms in total. The molecule has 0 aliphatic rings. The van der Waals surface area contributed by atoms with E-state index in [0.717, 1.165) is 11.8 Å². The van der Waals surface area contributed by atoms with E-state index in [0.29, 0.717) is 19.4 Å². The van der Waals surface area contributed by atoms with Crippen LogP contribution in [0.5, 0.6) is 5.75 Å². The monoisotopic (exact) mass is 380 g/mol. The third-order valence-electron chi connectivity index (χ3n) is 3.82. The SMILES string of the molecule is CCC(CN=C(N)NCCc1ccccn1)Oc1ccccc1C(F)(F)F. The number of ether oxygens (including phenoxy) is 1. The molecule has 3 N–H and O–H groups in total. The molecular weight excluding hydrogens is 357 g/mol. The lowest BCUT2D eigenvalue weighted by Gasteiger charge is -2.19. The first kappa shape index (κ1) is 20.5. The van der Waals surface area contributed by atoms with Crippen LogP contribution in [0.1, 0.15) is 24.6 Å². The van der Waals surface area contributed by atoms with Crippen molar-refractivity contribution in [2.45, 2.75) is 32.0 Å². The van der Waals surface area contributed by atoms with Crippen molar-refractivity contribution in [1.29, 1.82) is 0 Å².